The minimum atomic E-state index is 0.227. The van der Waals surface area contributed by atoms with Crippen LogP contribution in [0, 0.1) is 0 Å². The minimum absolute atomic E-state index is 0.227. The van der Waals surface area contributed by atoms with Gasteiger partial charge in [-0.25, -0.2) is 0 Å². The first-order valence-corrected chi connectivity index (χ1v) is 9.25. The van der Waals surface area contributed by atoms with Gasteiger partial charge in [0.15, 0.2) is 11.5 Å². The van der Waals surface area contributed by atoms with Gasteiger partial charge in [-0.05, 0) is 32.0 Å². The average molecular weight is 358 g/mol. The van der Waals surface area contributed by atoms with Crippen molar-refractivity contribution in [3.8, 4) is 11.5 Å². The topological polar surface area (TPSA) is 60.0 Å². The van der Waals surface area contributed by atoms with Crippen molar-refractivity contribution in [3.05, 3.63) is 18.3 Å². The lowest BCUT2D eigenvalue weighted by Crippen LogP contribution is -2.47. The molecule has 0 amide bonds. The van der Waals surface area contributed by atoms with Crippen LogP contribution in [0.15, 0.2) is 18.3 Å². The first kappa shape index (κ1) is 17.3. The van der Waals surface area contributed by atoms with Crippen molar-refractivity contribution in [2.24, 2.45) is 0 Å². The predicted octanol–water partition coefficient (Wildman–Crippen LogP) is 1.95. The van der Waals surface area contributed by atoms with E-state index in [1.165, 1.54) is 25.9 Å². The van der Waals surface area contributed by atoms with E-state index in [1.807, 2.05) is 18.3 Å². The van der Waals surface area contributed by atoms with Crippen LogP contribution in [-0.4, -0.2) is 74.8 Å². The van der Waals surface area contributed by atoms with Crippen LogP contribution in [0.25, 0.3) is 10.9 Å². The van der Waals surface area contributed by atoms with Crippen molar-refractivity contribution in [1.82, 2.24) is 15.1 Å². The summed E-state index contributed by atoms with van der Waals surface area (Å²) in [6, 6.07) is 3.87. The van der Waals surface area contributed by atoms with Gasteiger partial charge in [-0.1, -0.05) is 0 Å². The molecular formula is C19H26N4O3. The zero-order chi connectivity index (χ0) is 17.9. The first-order chi connectivity index (χ1) is 12.8. The van der Waals surface area contributed by atoms with Crippen molar-refractivity contribution < 1.29 is 14.2 Å². The molecule has 0 aliphatic carbocycles. The summed E-state index contributed by atoms with van der Waals surface area (Å²) in [7, 11) is 3.28. The molecule has 1 aromatic carbocycles. The maximum absolute atomic E-state index is 6.02. The fraction of sp³-hybridized carbons (Fsp3) is 0.579. The quantitative estimate of drug-likeness (QED) is 0.809. The summed E-state index contributed by atoms with van der Waals surface area (Å²) in [6.07, 6.45) is 4.67. The van der Waals surface area contributed by atoms with E-state index >= 15 is 0 Å². The number of rotatable bonds is 5. The zero-order valence-corrected chi connectivity index (χ0v) is 15.5. The molecule has 2 aliphatic rings. The monoisotopic (exact) mass is 358 g/mol. The molecule has 0 spiro atoms. The Bertz CT molecular complexity index is 764. The van der Waals surface area contributed by atoms with Crippen molar-refractivity contribution >= 4 is 16.6 Å². The normalized spacial score (nSPS) is 21.3. The molecule has 1 atom stereocenters. The Morgan fingerprint density at radius 3 is 2.65 bits per heavy atom. The number of benzene rings is 1. The number of likely N-dealkylation sites (tertiary alicyclic amines) is 1. The third kappa shape index (κ3) is 3.41. The summed E-state index contributed by atoms with van der Waals surface area (Å²) >= 11 is 0. The number of fused-ring (bicyclic) bond motifs is 1. The second-order valence-corrected chi connectivity index (χ2v) is 6.90. The van der Waals surface area contributed by atoms with E-state index in [9.17, 15) is 0 Å². The Labute approximate surface area is 153 Å². The van der Waals surface area contributed by atoms with Crippen molar-refractivity contribution in [2.75, 3.05) is 58.5 Å². The number of aromatic nitrogens is 2. The van der Waals surface area contributed by atoms with Crippen LogP contribution in [0.2, 0.25) is 0 Å². The van der Waals surface area contributed by atoms with Crippen LogP contribution >= 0.6 is 0 Å². The van der Waals surface area contributed by atoms with Gasteiger partial charge in [0, 0.05) is 31.1 Å². The lowest BCUT2D eigenvalue weighted by atomic mass is 10.1. The van der Waals surface area contributed by atoms with Crippen LogP contribution in [-0.2, 0) is 4.74 Å². The fourth-order valence-electron chi connectivity index (χ4n) is 3.93. The van der Waals surface area contributed by atoms with Gasteiger partial charge in [0.1, 0.15) is 0 Å². The molecule has 0 radical (unpaired) electrons. The highest BCUT2D eigenvalue weighted by molar-refractivity contribution is 5.93. The third-order valence-corrected chi connectivity index (χ3v) is 5.26. The molecule has 2 aliphatic heterocycles. The summed E-state index contributed by atoms with van der Waals surface area (Å²) in [5, 5.41) is 9.51. The van der Waals surface area contributed by atoms with Gasteiger partial charge in [0.2, 0.25) is 0 Å². The van der Waals surface area contributed by atoms with E-state index in [0.29, 0.717) is 11.5 Å². The molecule has 0 N–H and O–H groups in total. The molecule has 0 saturated carbocycles. The lowest BCUT2D eigenvalue weighted by Gasteiger charge is -2.36. The van der Waals surface area contributed by atoms with Gasteiger partial charge in [0.05, 0.1) is 44.3 Å². The summed E-state index contributed by atoms with van der Waals surface area (Å²) in [6.45, 7) is 5.84. The molecule has 140 valence electrons. The maximum atomic E-state index is 6.02. The highest BCUT2D eigenvalue weighted by atomic mass is 16.5. The second kappa shape index (κ2) is 7.63. The van der Waals surface area contributed by atoms with E-state index in [0.717, 1.165) is 42.8 Å². The molecule has 2 fully saturated rings. The van der Waals surface area contributed by atoms with Crippen LogP contribution in [0.3, 0.4) is 0 Å². The molecule has 3 heterocycles. The smallest absolute Gasteiger partial charge is 0.162 e. The molecule has 1 aromatic heterocycles. The van der Waals surface area contributed by atoms with E-state index in [1.54, 1.807) is 14.2 Å². The predicted molar refractivity (Wildman–Crippen MR) is 100 cm³/mol. The highest BCUT2D eigenvalue weighted by Gasteiger charge is 2.25. The van der Waals surface area contributed by atoms with Gasteiger partial charge in [-0.3, -0.25) is 0 Å². The van der Waals surface area contributed by atoms with Crippen LogP contribution in [0.5, 0.6) is 11.5 Å². The summed E-state index contributed by atoms with van der Waals surface area (Å²) < 4.78 is 16.9. The van der Waals surface area contributed by atoms with E-state index < -0.39 is 0 Å². The van der Waals surface area contributed by atoms with E-state index in [-0.39, 0.29) is 6.10 Å². The van der Waals surface area contributed by atoms with Crippen LogP contribution < -0.4 is 14.4 Å². The molecule has 1 unspecified atom stereocenters. The number of ether oxygens (including phenoxy) is 3. The number of hydrogen-bond acceptors (Lipinski definition) is 7. The molecule has 7 nitrogen and oxygen atoms in total. The number of anilines is 1. The second-order valence-electron chi connectivity index (χ2n) is 6.90. The molecule has 2 saturated heterocycles. The Kier molecular flexibility index (Phi) is 5.08. The van der Waals surface area contributed by atoms with Gasteiger partial charge in [-0.15, -0.1) is 0 Å². The summed E-state index contributed by atoms with van der Waals surface area (Å²) in [5.41, 5.74) is 1.88. The Morgan fingerprint density at radius 2 is 1.88 bits per heavy atom. The Morgan fingerprint density at radius 1 is 1.12 bits per heavy atom. The Hall–Kier alpha value is -2.12. The fourth-order valence-corrected chi connectivity index (χ4v) is 3.93. The molecule has 4 rings (SSSR count). The Balaban J connectivity index is 1.60. The minimum Gasteiger partial charge on any atom is -0.493 e. The first-order valence-electron chi connectivity index (χ1n) is 9.25. The largest absolute Gasteiger partial charge is 0.493 e. The molecular weight excluding hydrogens is 332 g/mol. The van der Waals surface area contributed by atoms with Gasteiger partial charge >= 0.3 is 0 Å². The summed E-state index contributed by atoms with van der Waals surface area (Å²) in [4.78, 5) is 4.86. The standard InChI is InChI=1S/C19H26N4O3/c1-24-18-9-15-16(10-19(18)25-2)21-20-11-17(15)23-7-8-26-14(13-23)12-22-5-3-4-6-22/h9-11,14H,3-8,12-13H2,1-2H3. The molecule has 0 bridgehead atoms. The van der Waals surface area contributed by atoms with Gasteiger partial charge in [0.25, 0.3) is 0 Å². The van der Waals surface area contributed by atoms with Crippen molar-refractivity contribution in [1.29, 1.82) is 0 Å². The molecule has 2 aromatic rings. The average Bonchev–Trinajstić information content (AvgIpc) is 3.19. The van der Waals surface area contributed by atoms with Crippen molar-refractivity contribution in [3.63, 3.8) is 0 Å². The lowest BCUT2D eigenvalue weighted by molar-refractivity contribution is 0.0202. The van der Waals surface area contributed by atoms with Gasteiger partial charge < -0.3 is 24.0 Å². The number of morpholine rings is 1. The highest BCUT2D eigenvalue weighted by Crippen LogP contribution is 2.35. The maximum Gasteiger partial charge on any atom is 0.162 e. The van der Waals surface area contributed by atoms with Crippen LogP contribution in [0.4, 0.5) is 5.69 Å². The summed E-state index contributed by atoms with van der Waals surface area (Å²) in [5.74, 6) is 1.37. The van der Waals surface area contributed by atoms with Gasteiger partial charge in [-0.2, -0.15) is 10.2 Å². The third-order valence-electron chi connectivity index (χ3n) is 5.26. The van der Waals surface area contributed by atoms with Crippen molar-refractivity contribution in [2.45, 2.75) is 18.9 Å². The van der Waals surface area contributed by atoms with Crippen LogP contribution in [0.1, 0.15) is 12.8 Å². The van der Waals surface area contributed by atoms with E-state index in [2.05, 4.69) is 20.0 Å². The molecule has 7 heteroatoms. The number of hydrogen-bond donors (Lipinski definition) is 0. The number of nitrogens with zero attached hydrogens (tertiary/aromatic N) is 4. The SMILES string of the molecule is COc1cc2nncc(N3CCOC(CN4CCCC4)C3)c2cc1OC. The number of methoxy groups -OCH3 is 2. The zero-order valence-electron chi connectivity index (χ0n) is 15.5. The van der Waals surface area contributed by atoms with E-state index in [4.69, 9.17) is 14.2 Å². The molecule has 26 heavy (non-hydrogen) atoms.